The van der Waals surface area contributed by atoms with Gasteiger partial charge in [-0.1, -0.05) is 34.6 Å². The Morgan fingerprint density at radius 3 is 2.59 bits per heavy atom. The van der Waals surface area contributed by atoms with Crippen LogP contribution in [-0.4, -0.2) is 11.1 Å². The highest BCUT2D eigenvalue weighted by atomic mass is 15.0. The molecule has 2 nitrogen and oxygen atoms in total. The predicted molar refractivity (Wildman–Crippen MR) is 75.0 cm³/mol. The number of aryl methyl sites for hydroxylation is 1. The van der Waals surface area contributed by atoms with Gasteiger partial charge in [0.15, 0.2) is 0 Å². The average molecular weight is 236 g/mol. The van der Waals surface area contributed by atoms with E-state index in [0.29, 0.717) is 11.3 Å². The lowest BCUT2D eigenvalue weighted by atomic mass is 9.92. The fourth-order valence-electron chi connectivity index (χ4n) is 1.77. The van der Waals surface area contributed by atoms with Crippen LogP contribution in [0.2, 0.25) is 0 Å². The highest BCUT2D eigenvalue weighted by Gasteiger charge is 2.10. The summed E-state index contributed by atoms with van der Waals surface area (Å²) in [5, 5.41) is 3.50. The van der Waals surface area contributed by atoms with Crippen molar-refractivity contribution in [2.45, 2.75) is 54.1 Å². The van der Waals surface area contributed by atoms with E-state index in [0.717, 1.165) is 19.6 Å². The Balaban J connectivity index is 2.43. The molecule has 1 heterocycles. The van der Waals surface area contributed by atoms with Crippen molar-refractivity contribution in [3.8, 4) is 0 Å². The summed E-state index contributed by atoms with van der Waals surface area (Å²) in [6, 6.07) is 4.37. The van der Waals surface area contributed by atoms with Gasteiger partial charge in [0.05, 0.1) is 0 Å². The first kappa shape index (κ1) is 14.3. The van der Waals surface area contributed by atoms with E-state index in [9.17, 15) is 0 Å². The molecule has 0 aliphatic rings. The van der Waals surface area contributed by atoms with Crippen LogP contribution in [0, 0.1) is 11.3 Å². The van der Waals surface area contributed by atoms with E-state index in [1.807, 2.05) is 0 Å². The fraction of sp³-hybridized carbons (Fsp3) is 0.733. The van der Waals surface area contributed by atoms with Gasteiger partial charge in [-0.05, 0) is 36.4 Å². The highest BCUT2D eigenvalue weighted by Crippen LogP contribution is 2.20. The Kier molecular flexibility index (Phi) is 5.26. The van der Waals surface area contributed by atoms with Gasteiger partial charge in [0, 0.05) is 25.0 Å². The topological polar surface area (TPSA) is 17.0 Å². The molecular weight excluding hydrogens is 208 g/mol. The lowest BCUT2D eigenvalue weighted by molar-refractivity contribution is 0.347. The van der Waals surface area contributed by atoms with Crippen molar-refractivity contribution in [3.05, 3.63) is 24.0 Å². The molecule has 0 saturated carbocycles. The summed E-state index contributed by atoms with van der Waals surface area (Å²) >= 11 is 0. The number of aromatic nitrogens is 1. The molecule has 0 bridgehead atoms. The van der Waals surface area contributed by atoms with Crippen LogP contribution in [0.5, 0.6) is 0 Å². The Hall–Kier alpha value is -0.760. The third-order valence-corrected chi connectivity index (χ3v) is 2.88. The van der Waals surface area contributed by atoms with Crippen molar-refractivity contribution in [2.24, 2.45) is 11.3 Å². The van der Waals surface area contributed by atoms with E-state index >= 15 is 0 Å². The SMILES string of the molecule is CC(C)CNCc1cccn1CCC(C)(C)C. The number of hydrogen-bond donors (Lipinski definition) is 1. The van der Waals surface area contributed by atoms with Gasteiger partial charge in [-0.2, -0.15) is 0 Å². The van der Waals surface area contributed by atoms with Crippen LogP contribution in [-0.2, 0) is 13.1 Å². The molecule has 0 atom stereocenters. The van der Waals surface area contributed by atoms with Crippen LogP contribution in [0.4, 0.5) is 0 Å². The Labute approximate surface area is 106 Å². The zero-order chi connectivity index (χ0) is 12.9. The summed E-state index contributed by atoms with van der Waals surface area (Å²) in [7, 11) is 0. The minimum Gasteiger partial charge on any atom is -0.350 e. The molecule has 0 unspecified atom stereocenters. The number of rotatable bonds is 6. The number of nitrogens with zero attached hydrogens (tertiary/aromatic N) is 1. The summed E-state index contributed by atoms with van der Waals surface area (Å²) in [6.45, 7) is 14.6. The standard InChI is InChI=1S/C15H28N2/c1-13(2)11-16-12-14-7-6-9-17(14)10-8-15(3,4)5/h6-7,9,13,16H,8,10-12H2,1-5H3. The normalized spacial score (nSPS) is 12.4. The largest absolute Gasteiger partial charge is 0.350 e. The van der Waals surface area contributed by atoms with Crippen LogP contribution < -0.4 is 5.32 Å². The summed E-state index contributed by atoms with van der Waals surface area (Å²) in [6.07, 6.45) is 3.41. The molecule has 0 aromatic carbocycles. The van der Waals surface area contributed by atoms with Crippen molar-refractivity contribution in [1.29, 1.82) is 0 Å². The third kappa shape index (κ3) is 5.92. The first-order valence-electron chi connectivity index (χ1n) is 6.73. The molecule has 1 N–H and O–H groups in total. The second-order valence-corrected chi connectivity index (χ2v) is 6.53. The van der Waals surface area contributed by atoms with Gasteiger partial charge < -0.3 is 9.88 Å². The molecule has 0 saturated heterocycles. The van der Waals surface area contributed by atoms with E-state index in [1.165, 1.54) is 12.1 Å². The maximum atomic E-state index is 3.50. The van der Waals surface area contributed by atoms with Gasteiger partial charge in [-0.15, -0.1) is 0 Å². The van der Waals surface area contributed by atoms with Crippen LogP contribution in [0.3, 0.4) is 0 Å². The summed E-state index contributed by atoms with van der Waals surface area (Å²) in [5.41, 5.74) is 1.81. The third-order valence-electron chi connectivity index (χ3n) is 2.88. The minimum atomic E-state index is 0.410. The summed E-state index contributed by atoms with van der Waals surface area (Å²) in [5.74, 6) is 0.716. The quantitative estimate of drug-likeness (QED) is 0.797. The predicted octanol–water partition coefficient (Wildman–Crippen LogP) is 3.67. The van der Waals surface area contributed by atoms with Gasteiger partial charge in [0.2, 0.25) is 0 Å². The smallest absolute Gasteiger partial charge is 0.0359 e. The Bertz CT molecular complexity index is 318. The second kappa shape index (κ2) is 6.25. The molecule has 1 rings (SSSR count). The molecule has 1 aromatic rings. The van der Waals surface area contributed by atoms with Gasteiger partial charge >= 0.3 is 0 Å². The Morgan fingerprint density at radius 2 is 2.00 bits per heavy atom. The molecule has 98 valence electrons. The summed E-state index contributed by atoms with van der Waals surface area (Å²) < 4.78 is 2.37. The first-order valence-corrected chi connectivity index (χ1v) is 6.73. The minimum absolute atomic E-state index is 0.410. The molecule has 2 heteroatoms. The lowest BCUT2D eigenvalue weighted by Gasteiger charge is -2.19. The van der Waals surface area contributed by atoms with Crippen LogP contribution in [0.1, 0.15) is 46.7 Å². The Morgan fingerprint density at radius 1 is 1.29 bits per heavy atom. The average Bonchev–Trinajstić information content (AvgIpc) is 2.61. The van der Waals surface area contributed by atoms with Crippen molar-refractivity contribution < 1.29 is 0 Å². The van der Waals surface area contributed by atoms with Crippen molar-refractivity contribution in [3.63, 3.8) is 0 Å². The molecule has 0 amide bonds. The molecule has 0 aliphatic heterocycles. The van der Waals surface area contributed by atoms with Crippen molar-refractivity contribution >= 4 is 0 Å². The van der Waals surface area contributed by atoms with Crippen LogP contribution >= 0.6 is 0 Å². The van der Waals surface area contributed by atoms with Crippen molar-refractivity contribution in [2.75, 3.05) is 6.54 Å². The van der Waals surface area contributed by atoms with Crippen LogP contribution in [0.15, 0.2) is 18.3 Å². The highest BCUT2D eigenvalue weighted by molar-refractivity contribution is 5.06. The lowest BCUT2D eigenvalue weighted by Crippen LogP contribution is -2.21. The van der Waals surface area contributed by atoms with Gasteiger partial charge in [-0.3, -0.25) is 0 Å². The van der Waals surface area contributed by atoms with E-state index in [4.69, 9.17) is 0 Å². The van der Waals surface area contributed by atoms with E-state index in [-0.39, 0.29) is 0 Å². The van der Waals surface area contributed by atoms with Gasteiger partial charge in [0.25, 0.3) is 0 Å². The van der Waals surface area contributed by atoms with Gasteiger partial charge in [-0.25, -0.2) is 0 Å². The maximum Gasteiger partial charge on any atom is 0.0359 e. The van der Waals surface area contributed by atoms with E-state index in [1.54, 1.807) is 0 Å². The van der Waals surface area contributed by atoms with Crippen LogP contribution in [0.25, 0.3) is 0 Å². The molecule has 0 spiro atoms. The molecule has 0 radical (unpaired) electrons. The molecule has 0 aliphatic carbocycles. The molecule has 17 heavy (non-hydrogen) atoms. The second-order valence-electron chi connectivity index (χ2n) is 6.53. The zero-order valence-corrected chi connectivity index (χ0v) is 12.1. The molecule has 1 aromatic heterocycles. The fourth-order valence-corrected chi connectivity index (χ4v) is 1.77. The maximum absolute atomic E-state index is 3.50. The van der Waals surface area contributed by atoms with Gasteiger partial charge in [0.1, 0.15) is 0 Å². The van der Waals surface area contributed by atoms with E-state index < -0.39 is 0 Å². The molecule has 0 fully saturated rings. The first-order chi connectivity index (χ1) is 7.88. The number of hydrogen-bond acceptors (Lipinski definition) is 1. The van der Waals surface area contributed by atoms with Crippen molar-refractivity contribution in [1.82, 2.24) is 9.88 Å². The summed E-state index contributed by atoms with van der Waals surface area (Å²) in [4.78, 5) is 0. The number of nitrogens with one attached hydrogen (secondary N) is 1. The zero-order valence-electron chi connectivity index (χ0n) is 12.1. The monoisotopic (exact) mass is 236 g/mol. The van der Waals surface area contributed by atoms with E-state index in [2.05, 4.69) is 62.8 Å². The molecular formula is C15H28N2.